The van der Waals surface area contributed by atoms with Crippen molar-refractivity contribution in [1.82, 2.24) is 9.78 Å². The monoisotopic (exact) mass is 518 g/mol. The molecule has 8 nitrogen and oxygen atoms in total. The minimum Gasteiger partial charge on any atom is -0.396 e. The van der Waals surface area contributed by atoms with Gasteiger partial charge in [-0.2, -0.15) is 5.10 Å². The van der Waals surface area contributed by atoms with Crippen LogP contribution in [0.5, 0.6) is 0 Å². The molecule has 202 valence electrons. The van der Waals surface area contributed by atoms with Crippen LogP contribution in [0.15, 0.2) is 35.5 Å². The van der Waals surface area contributed by atoms with E-state index in [1.54, 1.807) is 19.0 Å². The maximum Gasteiger partial charge on any atom is 0.248 e. The first-order chi connectivity index (χ1) is 18.5. The molecule has 0 aliphatic heterocycles. The number of benzene rings is 1. The van der Waals surface area contributed by atoms with Gasteiger partial charge in [-0.3, -0.25) is 4.79 Å². The minimum absolute atomic E-state index is 0.333. The molecule has 2 aromatic rings. The number of fused-ring (bicyclic) bond motifs is 3. The van der Waals surface area contributed by atoms with Crippen LogP contribution in [0.1, 0.15) is 60.1 Å². The first-order valence-electron chi connectivity index (χ1n) is 13.8. The molecule has 5 N–H and O–H groups in total. The van der Waals surface area contributed by atoms with Crippen molar-refractivity contribution in [2.75, 3.05) is 13.2 Å². The summed E-state index contributed by atoms with van der Waals surface area (Å²) in [5.74, 6) is 10.1. The van der Waals surface area contributed by atoms with Crippen molar-refractivity contribution in [2.45, 2.75) is 58.2 Å². The van der Waals surface area contributed by atoms with E-state index in [-0.39, 0.29) is 0 Å². The standard InChI is InChI=1S/C18H21N3O2.C10H14O.CH4BNO/c19-18(23)11-1-4-13(5-2-11)21-9-12-3-6-14-15(16(14)10-22)7-8-17(12)20-21;11-7-10-8-5-3-1-2-4-6-9(8)10;1-2-3-4/h1-2,4-5,9,14-16,22H,3,6-8,10H2,(H2,19,23);8-11H,3-7H2;4H,1H3. The smallest absolute Gasteiger partial charge is 0.248 e. The number of hydrogen-bond acceptors (Lipinski definition) is 6. The van der Waals surface area contributed by atoms with E-state index in [9.17, 15) is 9.90 Å². The number of aromatic nitrogens is 2. The van der Waals surface area contributed by atoms with Gasteiger partial charge in [0, 0.05) is 37.8 Å². The molecule has 1 aromatic carbocycles. The minimum atomic E-state index is -0.415. The average Bonchev–Trinajstić information content (AvgIpc) is 3.73. The van der Waals surface area contributed by atoms with Crippen LogP contribution in [0.3, 0.4) is 0 Å². The average molecular weight is 518 g/mol. The topological polar surface area (TPSA) is 134 Å². The number of carbonyl (C=O) groups excluding carboxylic acids is 1. The van der Waals surface area contributed by atoms with E-state index in [1.165, 1.54) is 31.2 Å². The SMILES string of the molecule is CB=NO.NC(=O)c1ccc(-n2cc3c(n2)CCC2C(CO)C2CC3)cc1.OCC1C2CCC#CCCC12. The molecule has 38 heavy (non-hydrogen) atoms. The third kappa shape index (κ3) is 6.72. The Morgan fingerprint density at radius 2 is 1.53 bits per heavy atom. The molecule has 0 bridgehead atoms. The van der Waals surface area contributed by atoms with Crippen LogP contribution in [0, 0.1) is 47.3 Å². The van der Waals surface area contributed by atoms with Crippen LogP contribution in [-0.4, -0.2) is 51.4 Å². The predicted molar refractivity (Wildman–Crippen MR) is 146 cm³/mol. The van der Waals surface area contributed by atoms with E-state index in [4.69, 9.17) is 21.1 Å². The number of aliphatic hydroxyl groups excluding tert-OH is 2. The summed E-state index contributed by atoms with van der Waals surface area (Å²) in [6.45, 7) is 2.37. The summed E-state index contributed by atoms with van der Waals surface area (Å²) >= 11 is 0. The second-order valence-corrected chi connectivity index (χ2v) is 10.7. The molecule has 0 radical (unpaired) electrons. The van der Waals surface area contributed by atoms with E-state index in [0.717, 1.165) is 56.0 Å². The number of amides is 1. The molecule has 2 fully saturated rings. The van der Waals surface area contributed by atoms with Crippen molar-refractivity contribution in [1.29, 1.82) is 0 Å². The molecular weight excluding hydrogens is 479 g/mol. The van der Waals surface area contributed by atoms with Crippen molar-refractivity contribution in [2.24, 2.45) is 46.3 Å². The summed E-state index contributed by atoms with van der Waals surface area (Å²) in [5.41, 5.74) is 9.21. The van der Waals surface area contributed by atoms with Gasteiger partial charge < -0.3 is 15.9 Å². The van der Waals surface area contributed by atoms with Crippen molar-refractivity contribution in [3.8, 4) is 17.5 Å². The number of nitrogens with zero attached hydrogens (tertiary/aromatic N) is 3. The summed E-state index contributed by atoms with van der Waals surface area (Å²) in [5, 5.41) is 33.2. The Morgan fingerprint density at radius 1 is 1.00 bits per heavy atom. The fourth-order valence-corrected chi connectivity index (χ4v) is 6.36. The van der Waals surface area contributed by atoms with Crippen molar-refractivity contribution in [3.05, 3.63) is 47.3 Å². The van der Waals surface area contributed by atoms with E-state index in [0.29, 0.717) is 42.4 Å². The molecule has 1 amide bonds. The fraction of sp³-hybridized carbons (Fsp3) is 0.586. The molecule has 1 aromatic heterocycles. The Labute approximate surface area is 225 Å². The van der Waals surface area contributed by atoms with Gasteiger partial charge in [-0.1, -0.05) is 0 Å². The summed E-state index contributed by atoms with van der Waals surface area (Å²) in [6, 6.07) is 7.22. The van der Waals surface area contributed by atoms with Gasteiger partial charge in [0.25, 0.3) is 0 Å². The molecule has 4 aliphatic carbocycles. The van der Waals surface area contributed by atoms with Gasteiger partial charge in [0.1, 0.15) is 0 Å². The first-order valence-corrected chi connectivity index (χ1v) is 13.8. The van der Waals surface area contributed by atoms with E-state index >= 15 is 0 Å². The molecule has 1 heterocycles. The summed E-state index contributed by atoms with van der Waals surface area (Å²) in [4.78, 5) is 11.2. The Kier molecular flexibility index (Phi) is 9.76. The van der Waals surface area contributed by atoms with Gasteiger partial charge in [0.2, 0.25) is 5.91 Å². The maximum absolute atomic E-state index is 11.2. The second kappa shape index (κ2) is 13.2. The largest absolute Gasteiger partial charge is 0.396 e. The van der Waals surface area contributed by atoms with Crippen LogP contribution in [0.2, 0.25) is 6.82 Å². The van der Waals surface area contributed by atoms with Crippen LogP contribution >= 0.6 is 0 Å². The molecular formula is C29H39BN4O4. The Morgan fingerprint density at radius 3 is 2.03 bits per heavy atom. The fourth-order valence-electron chi connectivity index (χ4n) is 6.36. The molecule has 6 rings (SSSR count). The molecule has 9 heteroatoms. The normalized spacial score (nSPS) is 28.3. The third-order valence-electron chi connectivity index (χ3n) is 8.64. The number of aliphatic hydroxyl groups is 2. The van der Waals surface area contributed by atoms with Gasteiger partial charge in [-0.05, 0) is 104 Å². The molecule has 5 atom stereocenters. The Balaban J connectivity index is 0.000000186. The number of carbonyl (C=O) groups is 1. The number of nitrogens with two attached hydrogens (primary N) is 1. The number of primary amides is 1. The molecule has 5 unspecified atom stereocenters. The van der Waals surface area contributed by atoms with E-state index < -0.39 is 5.91 Å². The van der Waals surface area contributed by atoms with Crippen molar-refractivity contribution < 1.29 is 20.2 Å². The zero-order valence-electron chi connectivity index (χ0n) is 22.2. The zero-order chi connectivity index (χ0) is 27.1. The van der Waals surface area contributed by atoms with Crippen LogP contribution in [0.4, 0.5) is 0 Å². The number of aryl methyl sites for hydroxylation is 2. The van der Waals surface area contributed by atoms with Crippen LogP contribution < -0.4 is 5.73 Å². The number of hydrogen-bond donors (Lipinski definition) is 4. The van der Waals surface area contributed by atoms with Crippen molar-refractivity contribution >= 4 is 13.0 Å². The Bertz CT molecular complexity index is 1120. The number of rotatable bonds is 4. The summed E-state index contributed by atoms with van der Waals surface area (Å²) < 4.78 is 1.90. The molecule has 0 saturated heterocycles. The Hall–Kier alpha value is -2.96. The van der Waals surface area contributed by atoms with E-state index in [2.05, 4.69) is 23.1 Å². The third-order valence-corrected chi connectivity index (χ3v) is 8.64. The van der Waals surface area contributed by atoms with Gasteiger partial charge in [0.05, 0.1) is 11.4 Å². The predicted octanol–water partition coefficient (Wildman–Crippen LogP) is 3.43. The maximum atomic E-state index is 11.2. The summed E-state index contributed by atoms with van der Waals surface area (Å²) in [7, 11) is 1.31. The second-order valence-electron chi connectivity index (χ2n) is 10.7. The van der Waals surface area contributed by atoms with Gasteiger partial charge in [-0.15, -0.1) is 11.8 Å². The quantitative estimate of drug-likeness (QED) is 0.280. The van der Waals surface area contributed by atoms with Gasteiger partial charge >= 0.3 is 24.2 Å². The van der Waals surface area contributed by atoms with Crippen LogP contribution in [-0.2, 0) is 12.8 Å². The van der Waals surface area contributed by atoms with Gasteiger partial charge in [-0.25, -0.2) is 4.68 Å². The molecule has 2 saturated carbocycles. The molecule has 0 spiro atoms. The zero-order valence-corrected chi connectivity index (χ0v) is 22.2. The van der Waals surface area contributed by atoms with Crippen molar-refractivity contribution in [3.63, 3.8) is 0 Å². The van der Waals surface area contributed by atoms with Gasteiger partial charge in [0.15, 0.2) is 0 Å². The van der Waals surface area contributed by atoms with E-state index in [1.807, 2.05) is 16.8 Å². The molecule has 4 aliphatic rings. The first kappa shape index (κ1) is 28.1. The van der Waals surface area contributed by atoms with Crippen LogP contribution in [0.25, 0.3) is 5.69 Å². The summed E-state index contributed by atoms with van der Waals surface area (Å²) in [6.07, 6.45) is 11.0.